The summed E-state index contributed by atoms with van der Waals surface area (Å²) < 4.78 is 5.77. The van der Waals surface area contributed by atoms with Crippen LogP contribution in [0.4, 0.5) is 5.69 Å². The number of nitrogens with one attached hydrogen (secondary N) is 1. The first kappa shape index (κ1) is 10.9. The van der Waals surface area contributed by atoms with Crippen LogP contribution in [-0.2, 0) is 0 Å². The molecule has 3 N–H and O–H groups in total. The first-order valence-electron chi connectivity index (χ1n) is 4.57. The largest absolute Gasteiger partial charge is 0.493 e. The van der Waals surface area contributed by atoms with E-state index in [1.807, 2.05) is 0 Å². The zero-order valence-electron chi connectivity index (χ0n) is 8.80. The van der Waals surface area contributed by atoms with E-state index in [0.29, 0.717) is 32.6 Å². The van der Waals surface area contributed by atoms with Crippen molar-refractivity contribution >= 4 is 32.5 Å². The number of ether oxygens (including phenoxy) is 1. The molecular weight excluding hydrogens is 274 g/mol. The molecule has 0 bridgehead atoms. The number of rotatable bonds is 1. The third kappa shape index (κ3) is 1.55. The average Bonchev–Trinajstić information content (AvgIpc) is 2.21. The van der Waals surface area contributed by atoms with Crippen molar-refractivity contribution in [2.45, 2.75) is 6.92 Å². The summed E-state index contributed by atoms with van der Waals surface area (Å²) in [6, 6.07) is 1.65. The van der Waals surface area contributed by atoms with E-state index >= 15 is 0 Å². The molecule has 0 radical (unpaired) electrons. The number of hydrogen-bond acceptors (Lipinski definition) is 4. The number of nitrogens with two attached hydrogens (primary N) is 1. The number of halogens is 1. The Morgan fingerprint density at radius 2 is 2.25 bits per heavy atom. The first-order chi connectivity index (χ1) is 7.54. The number of aromatic nitrogens is 2. The number of fused-ring (bicyclic) bond motifs is 1. The summed E-state index contributed by atoms with van der Waals surface area (Å²) in [5.41, 5.74) is 6.51. The Hall–Kier alpha value is -1.56. The molecule has 0 saturated heterocycles. The van der Waals surface area contributed by atoms with Gasteiger partial charge >= 0.3 is 0 Å². The van der Waals surface area contributed by atoms with Gasteiger partial charge in [0, 0.05) is 0 Å². The maximum Gasteiger partial charge on any atom is 0.258 e. The van der Waals surface area contributed by atoms with Gasteiger partial charge in [-0.3, -0.25) is 4.79 Å². The zero-order chi connectivity index (χ0) is 11.9. The highest BCUT2D eigenvalue weighted by molar-refractivity contribution is 9.10. The molecule has 1 heterocycles. The van der Waals surface area contributed by atoms with E-state index < -0.39 is 0 Å². The highest BCUT2D eigenvalue weighted by Crippen LogP contribution is 2.35. The lowest BCUT2D eigenvalue weighted by Gasteiger charge is -2.09. The number of anilines is 1. The fourth-order valence-electron chi connectivity index (χ4n) is 1.57. The molecule has 1 aromatic carbocycles. The van der Waals surface area contributed by atoms with Crippen LogP contribution in [0.5, 0.6) is 5.75 Å². The Morgan fingerprint density at radius 1 is 1.56 bits per heavy atom. The molecule has 5 nitrogen and oxygen atoms in total. The van der Waals surface area contributed by atoms with Gasteiger partial charge in [-0.2, -0.15) is 0 Å². The zero-order valence-corrected chi connectivity index (χ0v) is 10.4. The van der Waals surface area contributed by atoms with Gasteiger partial charge in [-0.05, 0) is 28.9 Å². The molecule has 0 aliphatic rings. The molecule has 0 aliphatic heterocycles. The number of H-pyrrole nitrogens is 1. The lowest BCUT2D eigenvalue weighted by atomic mass is 10.2. The monoisotopic (exact) mass is 283 g/mol. The van der Waals surface area contributed by atoms with Crippen LogP contribution in [0.1, 0.15) is 5.82 Å². The van der Waals surface area contributed by atoms with Gasteiger partial charge in [0.25, 0.3) is 5.56 Å². The van der Waals surface area contributed by atoms with Crippen LogP contribution in [-0.4, -0.2) is 17.1 Å². The fourth-order valence-corrected chi connectivity index (χ4v) is 2.17. The smallest absolute Gasteiger partial charge is 0.258 e. The van der Waals surface area contributed by atoms with Crippen molar-refractivity contribution in [2.75, 3.05) is 12.8 Å². The molecular formula is C10H10BrN3O2. The molecule has 2 aromatic rings. The lowest BCUT2D eigenvalue weighted by Crippen LogP contribution is -2.11. The summed E-state index contributed by atoms with van der Waals surface area (Å²) in [5, 5.41) is 0.441. The second-order valence-electron chi connectivity index (χ2n) is 3.35. The standard InChI is InChI=1S/C10H10BrN3O2/c1-4-13-8-5(10(15)14-4)3-6(11)9(16-2)7(8)12/h3H,12H2,1-2H3,(H,13,14,15). The Bertz CT molecular complexity index is 621. The molecule has 84 valence electrons. The van der Waals surface area contributed by atoms with E-state index in [9.17, 15) is 4.79 Å². The Kier molecular flexibility index (Phi) is 2.59. The SMILES string of the molecule is COc1c(Br)cc2c(=O)[nH]c(C)nc2c1N. The summed E-state index contributed by atoms with van der Waals surface area (Å²) in [7, 11) is 1.52. The van der Waals surface area contributed by atoms with E-state index in [0.717, 1.165) is 0 Å². The maximum atomic E-state index is 11.7. The van der Waals surface area contributed by atoms with Crippen LogP contribution in [0.3, 0.4) is 0 Å². The van der Waals surface area contributed by atoms with Gasteiger partial charge < -0.3 is 15.5 Å². The minimum absolute atomic E-state index is 0.211. The summed E-state index contributed by atoms with van der Waals surface area (Å²) >= 11 is 3.30. The molecule has 1 aromatic heterocycles. The number of benzene rings is 1. The molecule has 0 unspecified atom stereocenters. The number of methoxy groups -OCH3 is 1. The molecule has 16 heavy (non-hydrogen) atoms. The maximum absolute atomic E-state index is 11.7. The van der Waals surface area contributed by atoms with Crippen molar-refractivity contribution in [1.82, 2.24) is 9.97 Å². The van der Waals surface area contributed by atoms with Gasteiger partial charge in [-0.1, -0.05) is 0 Å². The van der Waals surface area contributed by atoms with Crippen molar-refractivity contribution in [3.05, 3.63) is 26.7 Å². The molecule has 0 saturated carbocycles. The summed E-state index contributed by atoms with van der Waals surface area (Å²) in [6.07, 6.45) is 0. The third-order valence-electron chi connectivity index (χ3n) is 2.27. The Labute approximate surface area is 99.8 Å². The van der Waals surface area contributed by atoms with Crippen LogP contribution in [0, 0.1) is 6.92 Å². The molecule has 0 atom stereocenters. The van der Waals surface area contributed by atoms with E-state index in [2.05, 4.69) is 25.9 Å². The summed E-state index contributed by atoms with van der Waals surface area (Å²) in [5.74, 6) is 1.01. The van der Waals surface area contributed by atoms with Gasteiger partial charge in [0.1, 0.15) is 17.0 Å². The van der Waals surface area contributed by atoms with Crippen molar-refractivity contribution in [3.8, 4) is 5.75 Å². The summed E-state index contributed by atoms with van der Waals surface area (Å²) in [4.78, 5) is 18.5. The normalized spacial score (nSPS) is 10.7. The quantitative estimate of drug-likeness (QED) is 0.779. The minimum Gasteiger partial charge on any atom is -0.493 e. The predicted molar refractivity (Wildman–Crippen MR) is 65.8 cm³/mol. The van der Waals surface area contributed by atoms with E-state index in [4.69, 9.17) is 10.5 Å². The molecule has 0 spiro atoms. The summed E-state index contributed by atoms with van der Waals surface area (Å²) in [6.45, 7) is 1.70. The molecule has 2 rings (SSSR count). The fraction of sp³-hybridized carbons (Fsp3) is 0.200. The van der Waals surface area contributed by atoms with Crippen LogP contribution in [0.25, 0.3) is 10.9 Å². The highest BCUT2D eigenvalue weighted by atomic mass is 79.9. The number of hydrogen-bond donors (Lipinski definition) is 2. The molecule has 0 aliphatic carbocycles. The predicted octanol–water partition coefficient (Wildman–Crippen LogP) is 1.58. The number of aromatic amines is 1. The van der Waals surface area contributed by atoms with Crippen molar-refractivity contribution in [2.24, 2.45) is 0 Å². The van der Waals surface area contributed by atoms with Crippen LogP contribution in [0.15, 0.2) is 15.3 Å². The highest BCUT2D eigenvalue weighted by Gasteiger charge is 2.13. The average molecular weight is 284 g/mol. The topological polar surface area (TPSA) is 81.0 Å². The van der Waals surface area contributed by atoms with Gasteiger partial charge in [0.05, 0.1) is 17.0 Å². The van der Waals surface area contributed by atoms with Gasteiger partial charge in [-0.15, -0.1) is 0 Å². The Balaban J connectivity index is 2.99. The van der Waals surface area contributed by atoms with E-state index in [1.54, 1.807) is 13.0 Å². The molecule has 6 heteroatoms. The lowest BCUT2D eigenvalue weighted by molar-refractivity contribution is 0.415. The number of aryl methyl sites for hydroxylation is 1. The van der Waals surface area contributed by atoms with Crippen molar-refractivity contribution < 1.29 is 4.74 Å². The molecule has 0 amide bonds. The minimum atomic E-state index is -0.211. The Morgan fingerprint density at radius 3 is 2.88 bits per heavy atom. The van der Waals surface area contributed by atoms with E-state index in [1.165, 1.54) is 7.11 Å². The molecule has 0 fully saturated rings. The van der Waals surface area contributed by atoms with Gasteiger partial charge in [0.15, 0.2) is 5.75 Å². The van der Waals surface area contributed by atoms with Crippen molar-refractivity contribution in [1.29, 1.82) is 0 Å². The van der Waals surface area contributed by atoms with E-state index in [-0.39, 0.29) is 5.56 Å². The third-order valence-corrected chi connectivity index (χ3v) is 2.85. The van der Waals surface area contributed by atoms with Crippen LogP contribution >= 0.6 is 15.9 Å². The van der Waals surface area contributed by atoms with Crippen LogP contribution in [0.2, 0.25) is 0 Å². The first-order valence-corrected chi connectivity index (χ1v) is 5.36. The second kappa shape index (κ2) is 3.79. The van der Waals surface area contributed by atoms with Gasteiger partial charge in [0.2, 0.25) is 0 Å². The number of nitrogen functional groups attached to an aromatic ring is 1. The number of nitrogens with zero attached hydrogens (tertiary/aromatic N) is 1. The van der Waals surface area contributed by atoms with Crippen molar-refractivity contribution in [3.63, 3.8) is 0 Å². The van der Waals surface area contributed by atoms with Gasteiger partial charge in [-0.25, -0.2) is 4.98 Å². The second-order valence-corrected chi connectivity index (χ2v) is 4.21. The van der Waals surface area contributed by atoms with Crippen LogP contribution < -0.4 is 16.0 Å².